The first-order valence-corrected chi connectivity index (χ1v) is 9.08. The molecule has 0 radical (unpaired) electrons. The van der Waals surface area contributed by atoms with Gasteiger partial charge in [-0.3, -0.25) is 15.1 Å². The van der Waals surface area contributed by atoms with Gasteiger partial charge in [0, 0.05) is 24.7 Å². The molecule has 3 rings (SSSR count). The van der Waals surface area contributed by atoms with Crippen molar-refractivity contribution in [3.05, 3.63) is 65.2 Å². The molecular formula is C21H24F2N4O. The van der Waals surface area contributed by atoms with Gasteiger partial charge in [0.15, 0.2) is 5.96 Å². The maximum Gasteiger partial charge on any atom is 0.273 e. The zero-order valence-corrected chi connectivity index (χ0v) is 16.1. The molecule has 1 amide bonds. The van der Waals surface area contributed by atoms with Crippen molar-refractivity contribution >= 4 is 17.6 Å². The van der Waals surface area contributed by atoms with Crippen molar-refractivity contribution in [3.8, 4) is 0 Å². The third-order valence-corrected chi connectivity index (χ3v) is 5.47. The van der Waals surface area contributed by atoms with Gasteiger partial charge in [0.05, 0.1) is 11.5 Å². The number of likely N-dealkylation sites (N-methyl/N-ethyl adjacent to an activating group) is 1. The van der Waals surface area contributed by atoms with E-state index in [1.165, 1.54) is 31.0 Å². The van der Waals surface area contributed by atoms with E-state index in [2.05, 4.69) is 5.32 Å². The Morgan fingerprint density at radius 3 is 2.46 bits per heavy atom. The molecule has 4 N–H and O–H groups in total. The molecule has 0 unspecified atom stereocenters. The molecule has 5 nitrogen and oxygen atoms in total. The second kappa shape index (κ2) is 6.89. The zero-order valence-electron chi connectivity index (χ0n) is 16.1. The van der Waals surface area contributed by atoms with Crippen molar-refractivity contribution in [1.29, 1.82) is 5.41 Å². The molecule has 0 saturated carbocycles. The van der Waals surface area contributed by atoms with E-state index >= 15 is 0 Å². The van der Waals surface area contributed by atoms with Gasteiger partial charge in [-0.25, -0.2) is 8.78 Å². The van der Waals surface area contributed by atoms with Crippen LogP contribution >= 0.6 is 0 Å². The summed E-state index contributed by atoms with van der Waals surface area (Å²) in [5.74, 6) is -3.94. The molecule has 2 aromatic carbocycles. The van der Waals surface area contributed by atoms with Crippen LogP contribution in [0.1, 0.15) is 42.9 Å². The molecule has 1 aliphatic rings. The molecule has 1 aliphatic heterocycles. The van der Waals surface area contributed by atoms with Crippen LogP contribution in [0.4, 0.5) is 14.5 Å². The van der Waals surface area contributed by atoms with Crippen LogP contribution in [0, 0.1) is 5.41 Å². The minimum atomic E-state index is -2.91. The molecule has 7 heteroatoms. The summed E-state index contributed by atoms with van der Waals surface area (Å²) in [6, 6.07) is 13.0. The SMILES string of the molecule is CCC(F)(F)c1ccc([C@H]2C(=O)N(C)C(=N)N[C@]2(C)c2cccc(N)c2)cc1. The third kappa shape index (κ3) is 3.21. The van der Waals surface area contributed by atoms with E-state index in [0.29, 0.717) is 11.3 Å². The van der Waals surface area contributed by atoms with Gasteiger partial charge in [-0.2, -0.15) is 0 Å². The van der Waals surface area contributed by atoms with Crippen LogP contribution in [0.3, 0.4) is 0 Å². The Kier molecular flexibility index (Phi) is 4.87. The van der Waals surface area contributed by atoms with Crippen molar-refractivity contribution in [2.24, 2.45) is 0 Å². The molecule has 1 heterocycles. The molecule has 2 aromatic rings. The lowest BCUT2D eigenvalue weighted by atomic mass is 9.73. The van der Waals surface area contributed by atoms with Gasteiger partial charge in [0.1, 0.15) is 0 Å². The predicted octanol–water partition coefficient (Wildman–Crippen LogP) is 3.77. The molecule has 0 spiro atoms. The number of hydrogen-bond acceptors (Lipinski definition) is 3. The molecule has 1 saturated heterocycles. The highest BCUT2D eigenvalue weighted by atomic mass is 19.3. The Balaban J connectivity index is 2.11. The Morgan fingerprint density at radius 2 is 1.89 bits per heavy atom. The predicted molar refractivity (Wildman–Crippen MR) is 105 cm³/mol. The van der Waals surface area contributed by atoms with E-state index in [-0.39, 0.29) is 23.9 Å². The Hall–Kier alpha value is -2.96. The van der Waals surface area contributed by atoms with Gasteiger partial charge in [0.25, 0.3) is 5.92 Å². The van der Waals surface area contributed by atoms with E-state index in [4.69, 9.17) is 11.1 Å². The summed E-state index contributed by atoms with van der Waals surface area (Å²) in [5, 5.41) is 11.2. The average Bonchev–Trinajstić information content (AvgIpc) is 2.67. The first kappa shape index (κ1) is 19.8. The standard InChI is InChI=1S/C21H24F2N4O/c1-4-21(22,23)14-10-8-13(9-11-14)17-18(28)27(3)19(25)26-20(17,2)15-6-5-7-16(24)12-15/h5-12,17H,4,24H2,1-3H3,(H2,25,26)/t17-,20+/m0/s1. The van der Waals surface area contributed by atoms with Gasteiger partial charge < -0.3 is 11.1 Å². The zero-order chi connectivity index (χ0) is 20.7. The lowest BCUT2D eigenvalue weighted by Crippen LogP contribution is -2.62. The van der Waals surface area contributed by atoms with Gasteiger partial charge in [-0.05, 0) is 30.2 Å². The van der Waals surface area contributed by atoms with E-state index < -0.39 is 17.4 Å². The summed E-state index contributed by atoms with van der Waals surface area (Å²) in [7, 11) is 1.52. The minimum Gasteiger partial charge on any atom is -0.399 e. The topological polar surface area (TPSA) is 82.2 Å². The molecule has 0 aromatic heterocycles. The number of carbonyl (C=O) groups excluding carboxylic acids is 1. The van der Waals surface area contributed by atoms with Crippen molar-refractivity contribution in [3.63, 3.8) is 0 Å². The summed E-state index contributed by atoms with van der Waals surface area (Å²) < 4.78 is 28.0. The largest absolute Gasteiger partial charge is 0.399 e. The first-order chi connectivity index (χ1) is 13.1. The van der Waals surface area contributed by atoms with Crippen LogP contribution in [0.5, 0.6) is 0 Å². The average molecular weight is 386 g/mol. The van der Waals surface area contributed by atoms with Gasteiger partial charge in [-0.15, -0.1) is 0 Å². The number of nitrogens with two attached hydrogens (primary N) is 1. The van der Waals surface area contributed by atoms with E-state index in [1.807, 2.05) is 13.0 Å². The number of benzene rings is 2. The number of nitrogens with zero attached hydrogens (tertiary/aromatic N) is 1. The fourth-order valence-electron chi connectivity index (χ4n) is 3.65. The Labute approximate surface area is 163 Å². The van der Waals surface area contributed by atoms with Gasteiger partial charge >= 0.3 is 0 Å². The van der Waals surface area contributed by atoms with E-state index in [1.54, 1.807) is 30.3 Å². The Morgan fingerprint density at radius 1 is 1.25 bits per heavy atom. The fraction of sp³-hybridized carbons (Fsp3) is 0.333. The molecule has 2 atom stereocenters. The monoisotopic (exact) mass is 386 g/mol. The molecular weight excluding hydrogens is 362 g/mol. The maximum atomic E-state index is 14.0. The third-order valence-electron chi connectivity index (χ3n) is 5.47. The summed E-state index contributed by atoms with van der Waals surface area (Å²) in [4.78, 5) is 14.3. The number of guanidine groups is 1. The van der Waals surface area contributed by atoms with Crippen LogP contribution in [0.15, 0.2) is 48.5 Å². The normalized spacial score (nSPS) is 22.9. The fourth-order valence-corrected chi connectivity index (χ4v) is 3.65. The smallest absolute Gasteiger partial charge is 0.273 e. The van der Waals surface area contributed by atoms with Crippen molar-refractivity contribution in [2.45, 2.75) is 37.6 Å². The van der Waals surface area contributed by atoms with Crippen LogP contribution < -0.4 is 11.1 Å². The van der Waals surface area contributed by atoms with Gasteiger partial charge in [0.2, 0.25) is 5.91 Å². The van der Waals surface area contributed by atoms with Crippen molar-refractivity contribution in [2.75, 3.05) is 12.8 Å². The molecule has 0 aliphatic carbocycles. The van der Waals surface area contributed by atoms with Gasteiger partial charge in [-0.1, -0.05) is 43.3 Å². The molecule has 28 heavy (non-hydrogen) atoms. The molecule has 148 valence electrons. The Bertz CT molecular complexity index is 913. The first-order valence-electron chi connectivity index (χ1n) is 9.08. The van der Waals surface area contributed by atoms with Crippen molar-refractivity contribution < 1.29 is 13.6 Å². The second-order valence-corrected chi connectivity index (χ2v) is 7.31. The van der Waals surface area contributed by atoms with Crippen LogP contribution in [0.25, 0.3) is 0 Å². The number of hydrogen-bond donors (Lipinski definition) is 3. The second-order valence-electron chi connectivity index (χ2n) is 7.31. The maximum absolute atomic E-state index is 14.0. The summed E-state index contributed by atoms with van der Waals surface area (Å²) in [6.45, 7) is 3.25. The number of carbonyl (C=O) groups is 1. The number of amides is 1. The van der Waals surface area contributed by atoms with E-state index in [9.17, 15) is 13.6 Å². The summed E-state index contributed by atoms with van der Waals surface area (Å²) >= 11 is 0. The number of nitrogens with one attached hydrogen (secondary N) is 2. The number of rotatable bonds is 4. The quantitative estimate of drug-likeness (QED) is 0.700. The van der Waals surface area contributed by atoms with Crippen molar-refractivity contribution in [1.82, 2.24) is 10.2 Å². The highest BCUT2D eigenvalue weighted by molar-refractivity contribution is 6.02. The highest BCUT2D eigenvalue weighted by Gasteiger charge is 2.48. The molecule has 0 bridgehead atoms. The lowest BCUT2D eigenvalue weighted by Gasteiger charge is -2.46. The summed E-state index contributed by atoms with van der Waals surface area (Å²) in [6.07, 6.45) is -0.294. The van der Waals surface area contributed by atoms with E-state index in [0.717, 1.165) is 5.56 Å². The minimum absolute atomic E-state index is 0.0275. The van der Waals surface area contributed by atoms with Crippen LogP contribution in [-0.4, -0.2) is 23.8 Å². The molecule has 1 fully saturated rings. The number of alkyl halides is 2. The number of halogens is 2. The lowest BCUT2D eigenvalue weighted by molar-refractivity contribution is -0.131. The number of anilines is 1. The highest BCUT2D eigenvalue weighted by Crippen LogP contribution is 2.42. The number of nitrogen functional groups attached to an aromatic ring is 1. The van der Waals surface area contributed by atoms with Crippen LogP contribution in [0.2, 0.25) is 0 Å². The summed E-state index contributed by atoms with van der Waals surface area (Å²) in [5.41, 5.74) is 6.77. The van der Waals surface area contributed by atoms with Crippen LogP contribution in [-0.2, 0) is 16.3 Å².